The van der Waals surface area contributed by atoms with Crippen LogP contribution in [-0.4, -0.2) is 20.9 Å². The molecule has 0 saturated heterocycles. The quantitative estimate of drug-likeness (QED) is 0.244. The largest absolute Gasteiger partial charge is 0.457 e. The summed E-state index contributed by atoms with van der Waals surface area (Å²) in [6, 6.07) is 30.9. The second-order valence-electron chi connectivity index (χ2n) is 8.76. The Bertz CT molecular complexity index is 1620. The molecule has 9 heteroatoms. The first-order chi connectivity index (χ1) is 19.3. The van der Waals surface area contributed by atoms with Gasteiger partial charge in [-0.3, -0.25) is 18.7 Å². The smallest absolute Gasteiger partial charge is 0.337 e. The molecule has 202 valence electrons. The number of para-hydroxylation sites is 1. The zero-order valence-corrected chi connectivity index (χ0v) is 22.1. The Morgan fingerprint density at radius 2 is 1.05 bits per heavy atom. The third kappa shape index (κ3) is 7.48. The number of carbonyl (C=O) groups excluding carboxylic acids is 2. The zero-order chi connectivity index (χ0) is 28.5. The van der Waals surface area contributed by atoms with Crippen molar-refractivity contribution >= 4 is 28.9 Å². The Hall–Kier alpha value is -5.57. The third-order valence-corrected chi connectivity index (χ3v) is 5.57. The molecule has 1 aromatic heterocycles. The molecule has 0 unspecified atom stereocenters. The van der Waals surface area contributed by atoms with E-state index >= 15 is 0 Å². The Labute approximate surface area is 231 Å². The topological polar surface area (TPSA) is 120 Å². The van der Waals surface area contributed by atoms with Crippen LogP contribution in [-0.2, 0) is 9.59 Å². The van der Waals surface area contributed by atoms with Crippen molar-refractivity contribution in [3.8, 4) is 22.9 Å². The molecule has 0 spiro atoms. The van der Waals surface area contributed by atoms with Gasteiger partial charge in [-0.15, -0.1) is 0 Å². The minimum absolute atomic E-state index is 0.0743. The van der Waals surface area contributed by atoms with Gasteiger partial charge in [-0.2, -0.15) is 0 Å². The van der Waals surface area contributed by atoms with E-state index in [4.69, 9.17) is 10.5 Å². The SMILES string of the molecule is CC(=O)Nc1ccc(-n2ccn(-c3ccc(Oc4ccccc4)cc3)c2=O)cc1.CC(=O)Nc1ccc(N)cc1. The lowest BCUT2D eigenvalue weighted by Crippen LogP contribution is -2.21. The average molecular weight is 536 g/mol. The second-order valence-corrected chi connectivity index (χ2v) is 8.76. The Morgan fingerprint density at radius 3 is 1.52 bits per heavy atom. The maximum atomic E-state index is 12.8. The van der Waals surface area contributed by atoms with Gasteiger partial charge in [0.1, 0.15) is 11.5 Å². The van der Waals surface area contributed by atoms with Crippen molar-refractivity contribution in [2.24, 2.45) is 0 Å². The molecule has 0 aliphatic rings. The standard InChI is InChI=1S/C23H19N3O3.C8H10N2O/c1-17(27)24-18-7-9-19(10-8-18)25-15-16-26(23(25)28)20-11-13-22(14-12-20)29-21-5-3-2-4-6-21;1-6(11)10-8-4-2-7(9)3-5-8/h2-16H,1H3,(H,24,27);2-5H,9H2,1H3,(H,10,11). The highest BCUT2D eigenvalue weighted by atomic mass is 16.5. The van der Waals surface area contributed by atoms with Crippen LogP contribution in [0.2, 0.25) is 0 Å². The van der Waals surface area contributed by atoms with Crippen molar-refractivity contribution in [1.29, 1.82) is 0 Å². The molecule has 40 heavy (non-hydrogen) atoms. The molecule has 1 heterocycles. The molecule has 0 fully saturated rings. The molecule has 2 amide bonds. The Balaban J connectivity index is 0.000000283. The van der Waals surface area contributed by atoms with Gasteiger partial charge in [-0.1, -0.05) is 18.2 Å². The minimum atomic E-state index is -0.186. The van der Waals surface area contributed by atoms with Gasteiger partial charge in [0.15, 0.2) is 0 Å². The zero-order valence-electron chi connectivity index (χ0n) is 22.1. The number of ether oxygens (including phenoxy) is 1. The Morgan fingerprint density at radius 1 is 0.625 bits per heavy atom. The number of hydrogen-bond acceptors (Lipinski definition) is 5. The molecule has 0 aliphatic carbocycles. The highest BCUT2D eigenvalue weighted by Gasteiger charge is 2.08. The molecule has 0 saturated carbocycles. The predicted molar refractivity (Wildman–Crippen MR) is 157 cm³/mol. The highest BCUT2D eigenvalue weighted by molar-refractivity contribution is 5.89. The molecule has 0 atom stereocenters. The van der Waals surface area contributed by atoms with Gasteiger partial charge in [0.2, 0.25) is 11.8 Å². The summed E-state index contributed by atoms with van der Waals surface area (Å²) in [5.41, 5.74) is 8.86. The Kier molecular flexibility index (Phi) is 8.78. The van der Waals surface area contributed by atoms with Gasteiger partial charge in [-0.25, -0.2) is 4.79 Å². The van der Waals surface area contributed by atoms with E-state index in [0.29, 0.717) is 22.8 Å². The number of nitrogen functional groups attached to an aromatic ring is 1. The molecule has 5 aromatic rings. The van der Waals surface area contributed by atoms with E-state index in [9.17, 15) is 14.4 Å². The fourth-order valence-corrected chi connectivity index (χ4v) is 3.75. The number of carbonyl (C=O) groups is 2. The number of nitrogens with zero attached hydrogens (tertiary/aromatic N) is 2. The first-order valence-corrected chi connectivity index (χ1v) is 12.4. The lowest BCUT2D eigenvalue weighted by Gasteiger charge is -2.07. The molecule has 0 radical (unpaired) electrons. The minimum Gasteiger partial charge on any atom is -0.457 e. The molecule has 0 bridgehead atoms. The number of anilines is 3. The van der Waals surface area contributed by atoms with Crippen LogP contribution >= 0.6 is 0 Å². The second kappa shape index (κ2) is 12.8. The summed E-state index contributed by atoms with van der Waals surface area (Å²) in [5, 5.41) is 5.35. The van der Waals surface area contributed by atoms with Crippen LogP contribution in [0.5, 0.6) is 11.5 Å². The van der Waals surface area contributed by atoms with Crippen molar-refractivity contribution in [3.05, 3.63) is 126 Å². The maximum Gasteiger partial charge on any atom is 0.337 e. The summed E-state index contributed by atoms with van der Waals surface area (Å²) >= 11 is 0. The van der Waals surface area contributed by atoms with Crippen LogP contribution in [0, 0.1) is 0 Å². The summed E-state index contributed by atoms with van der Waals surface area (Å²) in [5.74, 6) is 1.24. The lowest BCUT2D eigenvalue weighted by molar-refractivity contribution is -0.115. The maximum absolute atomic E-state index is 12.8. The third-order valence-electron chi connectivity index (χ3n) is 5.57. The fraction of sp³-hybridized carbons (Fsp3) is 0.0645. The molecule has 4 N–H and O–H groups in total. The summed E-state index contributed by atoms with van der Waals surface area (Å²) < 4.78 is 8.90. The predicted octanol–water partition coefficient (Wildman–Crippen LogP) is 5.61. The van der Waals surface area contributed by atoms with Crippen molar-refractivity contribution in [1.82, 2.24) is 9.13 Å². The lowest BCUT2D eigenvalue weighted by atomic mass is 10.3. The first-order valence-electron chi connectivity index (χ1n) is 12.4. The molecular formula is C31H29N5O4. The van der Waals surface area contributed by atoms with E-state index in [2.05, 4.69) is 10.6 Å². The summed E-state index contributed by atoms with van der Waals surface area (Å²) in [7, 11) is 0. The van der Waals surface area contributed by atoms with Crippen molar-refractivity contribution in [2.75, 3.05) is 16.4 Å². The number of imidazole rings is 1. The van der Waals surface area contributed by atoms with Crippen molar-refractivity contribution < 1.29 is 14.3 Å². The number of nitrogens with one attached hydrogen (secondary N) is 2. The molecular weight excluding hydrogens is 506 g/mol. The van der Waals surface area contributed by atoms with E-state index in [-0.39, 0.29) is 17.5 Å². The van der Waals surface area contributed by atoms with E-state index in [1.54, 1.807) is 70.1 Å². The summed E-state index contributed by atoms with van der Waals surface area (Å²) in [6.07, 6.45) is 3.43. The van der Waals surface area contributed by atoms with Crippen LogP contribution in [0.15, 0.2) is 120 Å². The van der Waals surface area contributed by atoms with Gasteiger partial charge < -0.3 is 21.1 Å². The number of rotatable bonds is 6. The van der Waals surface area contributed by atoms with E-state index < -0.39 is 0 Å². The summed E-state index contributed by atoms with van der Waals surface area (Å²) in [4.78, 5) is 34.5. The molecule has 0 aliphatic heterocycles. The number of amides is 2. The van der Waals surface area contributed by atoms with Gasteiger partial charge in [0.25, 0.3) is 0 Å². The highest BCUT2D eigenvalue weighted by Crippen LogP contribution is 2.22. The van der Waals surface area contributed by atoms with Crippen LogP contribution in [0.4, 0.5) is 17.1 Å². The van der Waals surface area contributed by atoms with Crippen LogP contribution in [0.25, 0.3) is 11.4 Å². The summed E-state index contributed by atoms with van der Waals surface area (Å²) in [6.45, 7) is 2.92. The van der Waals surface area contributed by atoms with Gasteiger partial charge in [0.05, 0.1) is 11.4 Å². The number of benzene rings is 4. The monoisotopic (exact) mass is 535 g/mol. The van der Waals surface area contributed by atoms with Crippen molar-refractivity contribution in [2.45, 2.75) is 13.8 Å². The normalized spacial score (nSPS) is 10.2. The number of nitrogens with two attached hydrogens (primary N) is 1. The van der Waals surface area contributed by atoms with Crippen molar-refractivity contribution in [3.63, 3.8) is 0 Å². The van der Waals surface area contributed by atoms with Crippen LogP contribution in [0.3, 0.4) is 0 Å². The number of hydrogen-bond donors (Lipinski definition) is 3. The van der Waals surface area contributed by atoms with E-state index in [1.165, 1.54) is 13.8 Å². The fourth-order valence-electron chi connectivity index (χ4n) is 3.75. The van der Waals surface area contributed by atoms with Crippen LogP contribution < -0.4 is 26.8 Å². The van der Waals surface area contributed by atoms with E-state index in [1.807, 2.05) is 54.6 Å². The average Bonchev–Trinajstić information content (AvgIpc) is 3.32. The van der Waals surface area contributed by atoms with E-state index in [0.717, 1.165) is 17.1 Å². The molecule has 5 rings (SSSR count). The number of aromatic nitrogens is 2. The van der Waals surface area contributed by atoms with Gasteiger partial charge in [-0.05, 0) is 84.9 Å². The van der Waals surface area contributed by atoms with Crippen LogP contribution in [0.1, 0.15) is 13.8 Å². The molecule has 4 aromatic carbocycles. The van der Waals surface area contributed by atoms with Gasteiger partial charge in [0, 0.05) is 43.3 Å². The van der Waals surface area contributed by atoms with Gasteiger partial charge >= 0.3 is 5.69 Å². The first kappa shape index (κ1) is 27.5. The molecule has 9 nitrogen and oxygen atoms in total.